The average molecular weight is 308 g/mol. The Balaban J connectivity index is 1.78. The van der Waals surface area contributed by atoms with Crippen molar-refractivity contribution in [3.8, 4) is 0 Å². The van der Waals surface area contributed by atoms with Crippen LogP contribution in [0.25, 0.3) is 0 Å². The number of imide groups is 1. The number of carbonyl (C=O) groups is 2. The lowest BCUT2D eigenvalue weighted by atomic mass is 9.88. The van der Waals surface area contributed by atoms with Gasteiger partial charge in [-0.05, 0) is 30.5 Å². The topological polar surface area (TPSA) is 37.4 Å². The number of halogens is 1. The quantitative estimate of drug-likeness (QED) is 0.788. The molecule has 0 bridgehead atoms. The van der Waals surface area contributed by atoms with Gasteiger partial charge in [-0.25, -0.2) is 0 Å². The number of piperidine rings is 1. The summed E-state index contributed by atoms with van der Waals surface area (Å²) < 4.78 is 1.01. The highest BCUT2D eigenvalue weighted by atomic mass is 79.9. The minimum atomic E-state index is 0.00155. The molecular weight excluding hydrogens is 294 g/mol. The van der Waals surface area contributed by atoms with Crippen molar-refractivity contribution in [3.05, 3.63) is 34.3 Å². The van der Waals surface area contributed by atoms with Gasteiger partial charge in [0.1, 0.15) is 0 Å². The molecule has 1 aromatic carbocycles. The van der Waals surface area contributed by atoms with Crippen molar-refractivity contribution in [2.24, 2.45) is 0 Å². The van der Waals surface area contributed by atoms with E-state index in [0.29, 0.717) is 12.8 Å². The first kappa shape index (κ1) is 11.9. The molecule has 1 heterocycles. The normalized spacial score (nSPS) is 21.5. The summed E-state index contributed by atoms with van der Waals surface area (Å²) in [5, 5.41) is 0. The van der Waals surface area contributed by atoms with E-state index in [2.05, 4.69) is 15.9 Å². The van der Waals surface area contributed by atoms with Gasteiger partial charge in [0.15, 0.2) is 0 Å². The number of benzene rings is 1. The van der Waals surface area contributed by atoms with E-state index in [1.54, 1.807) is 0 Å². The second kappa shape index (κ2) is 4.50. The van der Waals surface area contributed by atoms with Gasteiger partial charge in [-0.1, -0.05) is 28.1 Å². The molecule has 0 atom stereocenters. The van der Waals surface area contributed by atoms with Crippen molar-refractivity contribution < 1.29 is 9.59 Å². The van der Waals surface area contributed by atoms with Crippen molar-refractivity contribution >= 4 is 27.7 Å². The van der Waals surface area contributed by atoms with E-state index < -0.39 is 0 Å². The molecule has 1 saturated heterocycles. The number of hydrogen-bond donors (Lipinski definition) is 0. The summed E-state index contributed by atoms with van der Waals surface area (Å²) in [6, 6.07) is 8.09. The third-order valence-electron chi connectivity index (χ3n) is 3.63. The van der Waals surface area contributed by atoms with E-state index in [1.807, 2.05) is 24.3 Å². The van der Waals surface area contributed by atoms with Crippen LogP contribution >= 0.6 is 15.9 Å². The molecule has 94 valence electrons. The first-order valence-corrected chi connectivity index (χ1v) is 7.05. The van der Waals surface area contributed by atoms with Crippen LogP contribution in [0.15, 0.2) is 28.7 Å². The van der Waals surface area contributed by atoms with Crippen LogP contribution in [0.2, 0.25) is 0 Å². The number of rotatable bonds is 2. The van der Waals surface area contributed by atoms with E-state index >= 15 is 0 Å². The van der Waals surface area contributed by atoms with Gasteiger partial charge in [0, 0.05) is 29.3 Å². The van der Waals surface area contributed by atoms with Crippen LogP contribution in [0, 0.1) is 0 Å². The minimum Gasteiger partial charge on any atom is -0.279 e. The Labute approximate surface area is 114 Å². The van der Waals surface area contributed by atoms with Gasteiger partial charge in [-0.2, -0.15) is 0 Å². The third-order valence-corrected chi connectivity index (χ3v) is 4.16. The number of amides is 2. The molecule has 0 aromatic heterocycles. The fraction of sp³-hybridized carbons (Fsp3) is 0.429. The summed E-state index contributed by atoms with van der Waals surface area (Å²) in [5.41, 5.74) is 1.08. The molecule has 2 amide bonds. The maximum absolute atomic E-state index is 12.0. The first-order chi connectivity index (χ1) is 8.65. The smallest absolute Gasteiger partial charge is 0.230 e. The third kappa shape index (κ3) is 2.21. The SMILES string of the molecule is O=C1CC(c2ccc(Br)cc2)CC(=O)N1C1CC1. The lowest BCUT2D eigenvalue weighted by Gasteiger charge is -2.30. The molecule has 0 unspecified atom stereocenters. The summed E-state index contributed by atoms with van der Waals surface area (Å²) in [6.45, 7) is 0. The highest BCUT2D eigenvalue weighted by molar-refractivity contribution is 9.10. The second-order valence-electron chi connectivity index (χ2n) is 5.05. The molecule has 0 spiro atoms. The van der Waals surface area contributed by atoms with Gasteiger partial charge in [-0.3, -0.25) is 14.5 Å². The van der Waals surface area contributed by atoms with Crippen LogP contribution in [0.4, 0.5) is 0 Å². The lowest BCUT2D eigenvalue weighted by Crippen LogP contribution is -2.43. The van der Waals surface area contributed by atoms with Gasteiger partial charge in [0.2, 0.25) is 11.8 Å². The summed E-state index contributed by atoms with van der Waals surface area (Å²) in [7, 11) is 0. The fourth-order valence-corrected chi connectivity index (χ4v) is 2.80. The molecule has 1 aliphatic heterocycles. The molecule has 0 radical (unpaired) electrons. The Morgan fingerprint density at radius 2 is 1.56 bits per heavy atom. The zero-order valence-electron chi connectivity index (χ0n) is 9.93. The average Bonchev–Trinajstić information content (AvgIpc) is 3.13. The standard InChI is InChI=1S/C14H14BrNO2/c15-11-3-1-9(2-4-11)10-7-13(17)16(12-5-6-12)14(18)8-10/h1-4,10,12H,5-8H2. The maximum Gasteiger partial charge on any atom is 0.230 e. The highest BCUT2D eigenvalue weighted by Crippen LogP contribution is 2.36. The lowest BCUT2D eigenvalue weighted by molar-refractivity contribution is -0.149. The predicted octanol–water partition coefficient (Wildman–Crippen LogP) is 2.84. The summed E-state index contributed by atoms with van der Waals surface area (Å²) in [5.74, 6) is 0.0523. The molecule has 3 nitrogen and oxygen atoms in total. The highest BCUT2D eigenvalue weighted by Gasteiger charge is 2.41. The van der Waals surface area contributed by atoms with Gasteiger partial charge in [0.05, 0.1) is 0 Å². The molecule has 4 heteroatoms. The fourth-order valence-electron chi connectivity index (χ4n) is 2.54. The molecule has 2 fully saturated rings. The molecule has 18 heavy (non-hydrogen) atoms. The van der Waals surface area contributed by atoms with Crippen LogP contribution in [0.1, 0.15) is 37.2 Å². The molecule has 3 rings (SSSR count). The van der Waals surface area contributed by atoms with Gasteiger partial charge < -0.3 is 0 Å². The Morgan fingerprint density at radius 1 is 1.00 bits per heavy atom. The summed E-state index contributed by atoms with van der Waals surface area (Å²) in [4.78, 5) is 25.6. The molecule has 0 N–H and O–H groups in total. The molecular formula is C14H14BrNO2. The van der Waals surface area contributed by atoms with Crippen LogP contribution in [-0.4, -0.2) is 22.8 Å². The summed E-state index contributed by atoms with van der Waals surface area (Å²) >= 11 is 3.39. The summed E-state index contributed by atoms with van der Waals surface area (Å²) in [6.07, 6.45) is 2.90. The van der Waals surface area contributed by atoms with Gasteiger partial charge in [-0.15, -0.1) is 0 Å². The van der Waals surface area contributed by atoms with Crippen molar-refractivity contribution in [2.45, 2.75) is 37.6 Å². The Kier molecular flexibility index (Phi) is 2.98. The van der Waals surface area contributed by atoms with Crippen molar-refractivity contribution in [1.29, 1.82) is 0 Å². The van der Waals surface area contributed by atoms with Crippen molar-refractivity contribution in [3.63, 3.8) is 0 Å². The van der Waals surface area contributed by atoms with E-state index in [1.165, 1.54) is 4.90 Å². The molecule has 1 aliphatic carbocycles. The molecule has 1 aromatic rings. The maximum atomic E-state index is 12.0. The minimum absolute atomic E-state index is 0.00155. The van der Waals surface area contributed by atoms with E-state index in [4.69, 9.17) is 0 Å². The van der Waals surface area contributed by atoms with Crippen molar-refractivity contribution in [2.75, 3.05) is 0 Å². The van der Waals surface area contributed by atoms with E-state index in [9.17, 15) is 9.59 Å². The van der Waals surface area contributed by atoms with Gasteiger partial charge in [0.25, 0.3) is 0 Å². The zero-order valence-corrected chi connectivity index (χ0v) is 11.5. The Bertz CT molecular complexity index is 475. The largest absolute Gasteiger partial charge is 0.279 e. The number of likely N-dealkylation sites (tertiary alicyclic amines) is 1. The Morgan fingerprint density at radius 3 is 2.06 bits per heavy atom. The van der Waals surface area contributed by atoms with Gasteiger partial charge >= 0.3 is 0 Å². The van der Waals surface area contributed by atoms with Crippen LogP contribution in [0.5, 0.6) is 0 Å². The van der Waals surface area contributed by atoms with Crippen LogP contribution in [-0.2, 0) is 9.59 Å². The zero-order chi connectivity index (χ0) is 12.7. The van der Waals surface area contributed by atoms with Crippen LogP contribution in [0.3, 0.4) is 0 Å². The van der Waals surface area contributed by atoms with Crippen molar-refractivity contribution in [1.82, 2.24) is 4.90 Å². The number of nitrogens with zero attached hydrogens (tertiary/aromatic N) is 1. The predicted molar refractivity (Wildman–Crippen MR) is 71.0 cm³/mol. The Hall–Kier alpha value is -1.16. The molecule has 1 saturated carbocycles. The molecule has 2 aliphatic rings. The monoisotopic (exact) mass is 307 g/mol. The van der Waals surface area contributed by atoms with E-state index in [-0.39, 0.29) is 23.8 Å². The first-order valence-electron chi connectivity index (χ1n) is 6.25. The second-order valence-corrected chi connectivity index (χ2v) is 5.96. The number of hydrogen-bond acceptors (Lipinski definition) is 2. The van der Waals surface area contributed by atoms with Crippen LogP contribution < -0.4 is 0 Å². The number of carbonyl (C=O) groups excluding carboxylic acids is 2. The van der Waals surface area contributed by atoms with E-state index in [0.717, 1.165) is 22.9 Å².